The van der Waals surface area contributed by atoms with E-state index in [9.17, 15) is 22.4 Å². The lowest BCUT2D eigenvalue weighted by atomic mass is 9.94. The van der Waals surface area contributed by atoms with Gasteiger partial charge in [0.25, 0.3) is 12.9 Å². The van der Waals surface area contributed by atoms with Crippen molar-refractivity contribution < 1.29 is 31.9 Å². The zero-order chi connectivity index (χ0) is 34.8. The van der Waals surface area contributed by atoms with Gasteiger partial charge in [-0.3, -0.25) is 4.79 Å². The number of rotatable bonds is 8. The number of hydrogen-bond donors (Lipinski definition) is 0. The number of hydrogen-bond acceptors (Lipinski definition) is 7. The highest BCUT2D eigenvalue weighted by Gasteiger charge is 2.37. The molecule has 3 unspecified atom stereocenters. The minimum absolute atomic E-state index is 0.181. The highest BCUT2D eigenvalue weighted by molar-refractivity contribution is 7.10. The average Bonchev–Trinajstić information content (AvgIpc) is 3.91. The van der Waals surface area contributed by atoms with Crippen LogP contribution in [0.5, 0.6) is 5.75 Å². The van der Waals surface area contributed by atoms with E-state index in [1.165, 1.54) is 23.2 Å². The van der Waals surface area contributed by atoms with E-state index in [1.54, 1.807) is 0 Å². The van der Waals surface area contributed by atoms with Crippen molar-refractivity contribution >= 4 is 33.7 Å². The minimum atomic E-state index is -3.04. The molecule has 1 saturated heterocycles. The van der Waals surface area contributed by atoms with Crippen molar-refractivity contribution in [2.45, 2.75) is 57.2 Å². The molecule has 2 aliphatic rings. The van der Waals surface area contributed by atoms with E-state index in [-0.39, 0.29) is 31.4 Å². The molecular weight excluding hydrogens is 670 g/mol. The van der Waals surface area contributed by atoms with E-state index in [4.69, 9.17) is 14.6 Å². The number of para-hydroxylation sites is 1. The fraction of sp³-hybridized carbons (Fsp3) is 0.297. The predicted octanol–water partition coefficient (Wildman–Crippen LogP) is 8.59. The summed E-state index contributed by atoms with van der Waals surface area (Å²) in [7, 11) is 0. The second-order valence-electron chi connectivity index (χ2n) is 12.0. The van der Waals surface area contributed by atoms with Crippen molar-refractivity contribution in [2.75, 3.05) is 13.2 Å². The molecule has 50 heavy (non-hydrogen) atoms. The Morgan fingerprint density at radius 2 is 1.86 bits per heavy atom. The zero-order valence-electron chi connectivity index (χ0n) is 26.8. The summed E-state index contributed by atoms with van der Waals surface area (Å²) < 4.78 is 61.6. The molecular formula is C37H31F4N5O3S. The Hall–Kier alpha value is -5.22. The molecule has 0 radical (unpaired) electrons. The fourth-order valence-electron chi connectivity index (χ4n) is 6.46. The summed E-state index contributed by atoms with van der Waals surface area (Å²) in [5, 5.41) is 12.9. The van der Waals surface area contributed by atoms with Gasteiger partial charge in [-0.25, -0.2) is 27.2 Å². The van der Waals surface area contributed by atoms with Crippen LogP contribution in [0.15, 0.2) is 83.3 Å². The Bertz CT molecular complexity index is 2120. The Morgan fingerprint density at radius 1 is 1.06 bits per heavy atom. The topological polar surface area (TPSA) is 81.8 Å². The van der Waals surface area contributed by atoms with Crippen molar-refractivity contribution in [2.24, 2.45) is 5.16 Å². The maximum absolute atomic E-state index is 13.9. The number of thiazole rings is 1. The Labute approximate surface area is 289 Å². The standard InChI is InChI=1S/C37H31F4N5O3S/c1-22(47)45-16-15-25(18-34(45)46-31(36(40)41)19-29(43-46)35(38)39)37-42-30(21-50-37)28-20-33(49-44-28)27-13-4-5-14-32(27)48-17-7-11-24-10-6-9-23-8-2-3-12-26(23)24/h2-6,8-10,12-14,19,21,25,33-36H,15-18,20H2,1H3. The molecule has 13 heteroatoms. The molecule has 256 valence electrons. The van der Waals surface area contributed by atoms with Crippen molar-refractivity contribution in [3.05, 3.63) is 111 Å². The third-order valence-electron chi connectivity index (χ3n) is 8.91. The van der Waals surface area contributed by atoms with Gasteiger partial charge in [0.1, 0.15) is 35.6 Å². The van der Waals surface area contributed by atoms with Crippen molar-refractivity contribution in [1.82, 2.24) is 19.7 Å². The van der Waals surface area contributed by atoms with Crippen LogP contribution in [-0.2, 0) is 9.63 Å². The third kappa shape index (κ3) is 6.80. The van der Waals surface area contributed by atoms with E-state index in [1.807, 2.05) is 60.0 Å². The number of amides is 1. The number of fused-ring (bicyclic) bond motifs is 1. The number of halogens is 4. The monoisotopic (exact) mass is 701 g/mol. The van der Waals surface area contributed by atoms with Crippen molar-refractivity contribution in [3.8, 4) is 17.6 Å². The van der Waals surface area contributed by atoms with Gasteiger partial charge in [0.2, 0.25) is 5.91 Å². The fourth-order valence-corrected chi connectivity index (χ4v) is 7.44. The highest BCUT2D eigenvalue weighted by Crippen LogP contribution is 2.41. The smallest absolute Gasteiger partial charge is 0.282 e. The zero-order valence-corrected chi connectivity index (χ0v) is 27.6. The van der Waals surface area contributed by atoms with E-state index in [0.29, 0.717) is 36.1 Å². The number of likely N-dealkylation sites (tertiary alicyclic amines) is 1. The van der Waals surface area contributed by atoms with Crippen LogP contribution in [0.3, 0.4) is 0 Å². The van der Waals surface area contributed by atoms with Crippen molar-refractivity contribution in [3.63, 3.8) is 0 Å². The molecule has 1 amide bonds. The van der Waals surface area contributed by atoms with Crippen LogP contribution in [-0.4, -0.2) is 44.4 Å². The number of carbonyl (C=O) groups is 1. The normalized spacial score (nSPS) is 19.0. The third-order valence-corrected chi connectivity index (χ3v) is 9.91. The molecule has 4 heterocycles. The molecule has 3 aromatic carbocycles. The average molecular weight is 702 g/mol. The van der Waals surface area contributed by atoms with Gasteiger partial charge in [0.05, 0.1) is 10.7 Å². The number of piperidine rings is 1. The predicted molar refractivity (Wildman–Crippen MR) is 180 cm³/mol. The van der Waals surface area contributed by atoms with Gasteiger partial charge in [-0.2, -0.15) is 5.10 Å². The lowest BCUT2D eigenvalue weighted by Crippen LogP contribution is -2.43. The summed E-state index contributed by atoms with van der Waals surface area (Å²) in [5.74, 6) is 6.40. The maximum Gasteiger partial charge on any atom is 0.282 e. The molecule has 5 aromatic rings. The molecule has 0 aliphatic carbocycles. The number of benzene rings is 3. The Balaban J connectivity index is 1.03. The van der Waals surface area contributed by atoms with Gasteiger partial charge in [-0.15, -0.1) is 11.3 Å². The molecule has 2 aromatic heterocycles. The van der Waals surface area contributed by atoms with Crippen LogP contribution < -0.4 is 4.74 Å². The van der Waals surface area contributed by atoms with Gasteiger partial charge in [-0.1, -0.05) is 71.6 Å². The summed E-state index contributed by atoms with van der Waals surface area (Å²) in [6.07, 6.45) is -6.27. The number of oxime groups is 1. The molecule has 0 bridgehead atoms. The lowest BCUT2D eigenvalue weighted by Gasteiger charge is -2.39. The summed E-state index contributed by atoms with van der Waals surface area (Å²) >= 11 is 1.39. The van der Waals surface area contributed by atoms with Crippen LogP contribution in [0.1, 0.15) is 90.4 Å². The first-order valence-corrected chi connectivity index (χ1v) is 16.9. The van der Waals surface area contributed by atoms with Gasteiger partial charge in [0, 0.05) is 42.3 Å². The van der Waals surface area contributed by atoms with Crippen LogP contribution >= 0.6 is 11.3 Å². The van der Waals surface area contributed by atoms with Crippen molar-refractivity contribution in [1.29, 1.82) is 0 Å². The second kappa shape index (κ2) is 14.3. The molecule has 3 atom stereocenters. The molecule has 0 N–H and O–H groups in total. The van der Waals surface area contributed by atoms with Gasteiger partial charge in [0.15, 0.2) is 6.10 Å². The van der Waals surface area contributed by atoms with Gasteiger partial charge < -0.3 is 14.5 Å². The Kier molecular flexibility index (Phi) is 9.54. The van der Waals surface area contributed by atoms with E-state index in [0.717, 1.165) is 31.6 Å². The van der Waals surface area contributed by atoms with Crippen LogP contribution in [0.4, 0.5) is 17.6 Å². The van der Waals surface area contributed by atoms with E-state index < -0.39 is 36.5 Å². The number of ether oxygens (including phenoxy) is 1. The number of carbonyl (C=O) groups excluding carboxylic acids is 1. The van der Waals surface area contributed by atoms with Crippen LogP contribution in [0, 0.1) is 11.8 Å². The largest absolute Gasteiger partial charge is 0.481 e. The summed E-state index contributed by atoms with van der Waals surface area (Å²) in [6.45, 7) is 1.74. The molecule has 0 spiro atoms. The summed E-state index contributed by atoms with van der Waals surface area (Å²) in [5.41, 5.74) is 1.63. The first kappa shape index (κ1) is 33.3. The molecule has 1 fully saturated rings. The Morgan fingerprint density at radius 3 is 2.68 bits per heavy atom. The molecule has 8 nitrogen and oxygen atoms in total. The van der Waals surface area contributed by atoms with E-state index >= 15 is 0 Å². The molecule has 0 saturated carbocycles. The number of nitrogens with zero attached hydrogens (tertiary/aromatic N) is 5. The lowest BCUT2D eigenvalue weighted by molar-refractivity contribution is -0.135. The molecule has 7 rings (SSSR count). The van der Waals surface area contributed by atoms with Gasteiger partial charge in [-0.05, 0) is 41.8 Å². The highest BCUT2D eigenvalue weighted by atomic mass is 32.1. The number of aromatic nitrogens is 3. The summed E-state index contributed by atoms with van der Waals surface area (Å²) in [4.78, 5) is 24.5. The summed E-state index contributed by atoms with van der Waals surface area (Å²) in [6, 6.07) is 22.4. The van der Waals surface area contributed by atoms with Crippen LogP contribution in [0.25, 0.3) is 10.8 Å². The number of alkyl halides is 4. The van der Waals surface area contributed by atoms with Crippen LogP contribution in [0.2, 0.25) is 0 Å². The quantitative estimate of drug-likeness (QED) is 0.120. The molecule has 2 aliphatic heterocycles. The SMILES string of the molecule is CC(=O)N1CCC(c2nc(C3=NOC(c4ccccc4OCC#Cc4cccc5ccccc45)C3)cs2)CC1n1nc(C(F)F)cc1C(F)F. The van der Waals surface area contributed by atoms with E-state index in [2.05, 4.69) is 34.2 Å². The first-order chi connectivity index (χ1) is 24.3. The van der Waals surface area contributed by atoms with Gasteiger partial charge >= 0.3 is 0 Å². The first-order valence-electron chi connectivity index (χ1n) is 16.1. The minimum Gasteiger partial charge on any atom is -0.481 e. The maximum atomic E-state index is 13.9. The second-order valence-corrected chi connectivity index (χ2v) is 12.9.